The van der Waals surface area contributed by atoms with Crippen molar-refractivity contribution in [2.24, 2.45) is 5.92 Å². The molecule has 2 atom stereocenters. The Morgan fingerprint density at radius 3 is 2.40 bits per heavy atom. The predicted octanol–water partition coefficient (Wildman–Crippen LogP) is 4.37. The van der Waals surface area contributed by atoms with Crippen LogP contribution in [-0.2, 0) is 6.18 Å². The van der Waals surface area contributed by atoms with Gasteiger partial charge < -0.3 is 0 Å². The molecular weight excluding hydrogens is 265 g/mol. The van der Waals surface area contributed by atoms with Crippen molar-refractivity contribution >= 4 is 0 Å². The summed E-state index contributed by atoms with van der Waals surface area (Å²) in [6, 6.07) is 7.57. The first-order valence-electron chi connectivity index (χ1n) is 6.48. The highest BCUT2D eigenvalue weighted by molar-refractivity contribution is 5.43. The molecule has 0 unspecified atom stereocenters. The first-order valence-corrected chi connectivity index (χ1v) is 6.48. The van der Waals surface area contributed by atoms with Crippen LogP contribution in [0, 0.1) is 28.6 Å². The average Bonchev–Trinajstić information content (AvgIpc) is 2.45. The van der Waals surface area contributed by atoms with Gasteiger partial charge in [0, 0.05) is 0 Å². The molecule has 0 aliphatic heterocycles. The van der Waals surface area contributed by atoms with E-state index in [9.17, 15) is 13.2 Å². The van der Waals surface area contributed by atoms with Crippen LogP contribution in [0.3, 0.4) is 0 Å². The lowest BCUT2D eigenvalue weighted by Gasteiger charge is -2.27. The van der Waals surface area contributed by atoms with E-state index in [1.54, 1.807) is 12.1 Å². The number of hydrogen-bond acceptors (Lipinski definition) is 2. The molecule has 104 valence electrons. The summed E-state index contributed by atoms with van der Waals surface area (Å²) in [5, 5.41) is 17.9. The summed E-state index contributed by atoms with van der Waals surface area (Å²) < 4.78 is 38.8. The fraction of sp³-hybridized carbons (Fsp3) is 0.467. The van der Waals surface area contributed by atoms with Crippen molar-refractivity contribution < 1.29 is 13.2 Å². The van der Waals surface area contributed by atoms with Crippen LogP contribution in [0.4, 0.5) is 13.2 Å². The van der Waals surface area contributed by atoms with Crippen molar-refractivity contribution in [3.63, 3.8) is 0 Å². The lowest BCUT2D eigenvalue weighted by Crippen LogP contribution is -2.17. The molecule has 1 aromatic rings. The standard InChI is InChI=1S/C15H13F3N2/c16-15(17,18)14-7-10(5-6-12(14)9-20)13-4-2-1-3-11(13)8-19/h5-7,11,13H,1-4H2/t11-,13+/m1/s1. The molecule has 5 heteroatoms. The van der Waals surface area contributed by atoms with E-state index in [1.807, 2.05) is 0 Å². The third-order valence-corrected chi connectivity index (χ3v) is 3.83. The van der Waals surface area contributed by atoms with Gasteiger partial charge in [-0.2, -0.15) is 23.7 Å². The summed E-state index contributed by atoms with van der Waals surface area (Å²) in [7, 11) is 0. The first-order chi connectivity index (χ1) is 9.47. The zero-order chi connectivity index (χ0) is 14.8. The molecule has 0 aromatic heterocycles. The molecule has 0 heterocycles. The molecule has 1 aromatic carbocycles. The van der Waals surface area contributed by atoms with Crippen LogP contribution in [0.1, 0.15) is 48.3 Å². The van der Waals surface area contributed by atoms with Crippen LogP contribution in [0.15, 0.2) is 18.2 Å². The van der Waals surface area contributed by atoms with E-state index in [0.29, 0.717) is 5.56 Å². The molecule has 2 rings (SSSR count). The van der Waals surface area contributed by atoms with E-state index in [4.69, 9.17) is 10.5 Å². The lowest BCUT2D eigenvalue weighted by molar-refractivity contribution is -0.137. The third-order valence-electron chi connectivity index (χ3n) is 3.83. The van der Waals surface area contributed by atoms with E-state index in [1.165, 1.54) is 6.07 Å². The van der Waals surface area contributed by atoms with Crippen LogP contribution in [-0.4, -0.2) is 0 Å². The maximum Gasteiger partial charge on any atom is 0.417 e. The smallest absolute Gasteiger partial charge is 0.198 e. The van der Waals surface area contributed by atoms with Gasteiger partial charge in [0.15, 0.2) is 0 Å². The molecule has 1 saturated carbocycles. The number of benzene rings is 1. The topological polar surface area (TPSA) is 47.6 Å². The zero-order valence-corrected chi connectivity index (χ0v) is 10.7. The molecule has 0 saturated heterocycles. The molecule has 0 amide bonds. The average molecular weight is 278 g/mol. The Morgan fingerprint density at radius 1 is 1.10 bits per heavy atom. The van der Waals surface area contributed by atoms with E-state index in [0.717, 1.165) is 31.7 Å². The molecule has 1 aliphatic carbocycles. The third kappa shape index (κ3) is 2.77. The van der Waals surface area contributed by atoms with Crippen molar-refractivity contribution in [3.8, 4) is 12.1 Å². The van der Waals surface area contributed by atoms with Gasteiger partial charge in [-0.3, -0.25) is 0 Å². The largest absolute Gasteiger partial charge is 0.417 e. The quantitative estimate of drug-likeness (QED) is 0.765. The zero-order valence-electron chi connectivity index (χ0n) is 10.7. The Morgan fingerprint density at radius 2 is 1.80 bits per heavy atom. The summed E-state index contributed by atoms with van der Waals surface area (Å²) in [4.78, 5) is 0. The van der Waals surface area contributed by atoms with Gasteiger partial charge in [-0.05, 0) is 36.5 Å². The summed E-state index contributed by atoms with van der Waals surface area (Å²) in [6.07, 6.45) is -1.23. The van der Waals surface area contributed by atoms with Crippen molar-refractivity contribution in [2.45, 2.75) is 37.8 Å². The van der Waals surface area contributed by atoms with E-state index in [2.05, 4.69) is 6.07 Å². The van der Waals surface area contributed by atoms with Crippen LogP contribution in [0.2, 0.25) is 0 Å². The Bertz CT molecular complexity index is 578. The number of rotatable bonds is 1. The van der Waals surface area contributed by atoms with Gasteiger partial charge in [-0.25, -0.2) is 0 Å². The maximum atomic E-state index is 12.9. The summed E-state index contributed by atoms with van der Waals surface area (Å²) in [5.41, 5.74) is -0.757. The number of hydrogen-bond donors (Lipinski definition) is 0. The van der Waals surface area contributed by atoms with E-state index < -0.39 is 11.7 Å². The van der Waals surface area contributed by atoms with Gasteiger partial charge in [-0.1, -0.05) is 18.9 Å². The Labute approximate surface area is 115 Å². The van der Waals surface area contributed by atoms with Gasteiger partial charge in [0.2, 0.25) is 0 Å². The van der Waals surface area contributed by atoms with Crippen molar-refractivity contribution in [2.75, 3.05) is 0 Å². The minimum Gasteiger partial charge on any atom is -0.198 e. The maximum absolute atomic E-state index is 12.9. The normalized spacial score (nSPS) is 22.9. The van der Waals surface area contributed by atoms with Crippen LogP contribution in [0.25, 0.3) is 0 Å². The molecule has 0 N–H and O–H groups in total. The number of alkyl halides is 3. The fourth-order valence-corrected chi connectivity index (χ4v) is 2.81. The number of nitriles is 2. The molecule has 0 bridgehead atoms. The highest BCUT2D eigenvalue weighted by Gasteiger charge is 2.35. The Balaban J connectivity index is 2.44. The number of halogens is 3. The van der Waals surface area contributed by atoms with Gasteiger partial charge >= 0.3 is 6.18 Å². The summed E-state index contributed by atoms with van der Waals surface area (Å²) in [5.74, 6) is -0.402. The number of nitrogens with zero attached hydrogens (tertiary/aromatic N) is 2. The summed E-state index contributed by atoms with van der Waals surface area (Å²) >= 11 is 0. The second-order valence-corrected chi connectivity index (χ2v) is 5.04. The predicted molar refractivity (Wildman–Crippen MR) is 66.5 cm³/mol. The van der Waals surface area contributed by atoms with E-state index >= 15 is 0 Å². The highest BCUT2D eigenvalue weighted by atomic mass is 19.4. The minimum absolute atomic E-state index is 0.164. The van der Waals surface area contributed by atoms with Crippen LogP contribution >= 0.6 is 0 Å². The van der Waals surface area contributed by atoms with Gasteiger partial charge in [0.1, 0.15) is 0 Å². The second-order valence-electron chi connectivity index (χ2n) is 5.04. The monoisotopic (exact) mass is 278 g/mol. The van der Waals surface area contributed by atoms with Crippen molar-refractivity contribution in [1.29, 1.82) is 10.5 Å². The van der Waals surface area contributed by atoms with Gasteiger partial charge in [0.05, 0.1) is 29.2 Å². The van der Waals surface area contributed by atoms with Crippen LogP contribution in [0.5, 0.6) is 0 Å². The highest BCUT2D eigenvalue weighted by Crippen LogP contribution is 2.40. The molecular formula is C15H13F3N2. The lowest BCUT2D eigenvalue weighted by atomic mass is 9.76. The van der Waals surface area contributed by atoms with Crippen molar-refractivity contribution in [3.05, 3.63) is 34.9 Å². The van der Waals surface area contributed by atoms with Crippen molar-refractivity contribution in [1.82, 2.24) is 0 Å². The Hall–Kier alpha value is -2.01. The Kier molecular flexibility index (Phi) is 3.99. The minimum atomic E-state index is -4.54. The molecule has 1 fully saturated rings. The van der Waals surface area contributed by atoms with Gasteiger partial charge in [0.25, 0.3) is 0 Å². The first kappa shape index (κ1) is 14.4. The van der Waals surface area contributed by atoms with Crippen LogP contribution < -0.4 is 0 Å². The second kappa shape index (κ2) is 5.54. The molecule has 20 heavy (non-hydrogen) atoms. The molecule has 0 spiro atoms. The molecule has 1 aliphatic rings. The molecule has 2 nitrogen and oxygen atoms in total. The SMILES string of the molecule is N#Cc1ccc([C@@H]2CCCC[C@@H]2C#N)cc1C(F)(F)F. The van der Waals surface area contributed by atoms with E-state index in [-0.39, 0.29) is 17.4 Å². The fourth-order valence-electron chi connectivity index (χ4n) is 2.81. The van der Waals surface area contributed by atoms with Gasteiger partial charge in [-0.15, -0.1) is 0 Å². The summed E-state index contributed by atoms with van der Waals surface area (Å²) in [6.45, 7) is 0. The molecule has 0 radical (unpaired) electrons.